The molecule has 1 aliphatic heterocycles. The van der Waals surface area contributed by atoms with Gasteiger partial charge in [0.25, 0.3) is 5.56 Å². The van der Waals surface area contributed by atoms with Gasteiger partial charge in [0.15, 0.2) is 11.5 Å². The van der Waals surface area contributed by atoms with E-state index in [1.54, 1.807) is 28.8 Å². The Morgan fingerprint density at radius 3 is 2.02 bits per heavy atom. The summed E-state index contributed by atoms with van der Waals surface area (Å²) in [6.45, 7) is 6.47. The number of methoxy groups -OCH3 is 3. The lowest BCUT2D eigenvalue weighted by molar-refractivity contribution is -0.136. The number of hydrogen-bond acceptors (Lipinski definition) is 7. The topological polar surface area (TPSA) is 86.1 Å². The molecule has 1 saturated heterocycles. The van der Waals surface area contributed by atoms with Crippen molar-refractivity contribution in [3.63, 3.8) is 0 Å². The number of carbonyl (C=O) groups is 1. The van der Waals surface area contributed by atoms with Crippen LogP contribution in [0.1, 0.15) is 19.9 Å². The summed E-state index contributed by atoms with van der Waals surface area (Å²) in [4.78, 5) is 37.5. The number of ether oxygens (including phenoxy) is 3. The molecule has 1 aromatic heterocycles. The average molecular weight is 557 g/mol. The molecule has 3 aromatic carbocycles. The van der Waals surface area contributed by atoms with E-state index in [-0.39, 0.29) is 17.4 Å². The number of fused-ring (bicyclic) bond motifs is 1. The Morgan fingerprint density at radius 1 is 0.829 bits per heavy atom. The zero-order valence-corrected chi connectivity index (χ0v) is 24.2. The Morgan fingerprint density at radius 2 is 1.44 bits per heavy atom. The van der Waals surface area contributed by atoms with Crippen molar-refractivity contribution in [2.75, 3.05) is 52.4 Å². The first-order chi connectivity index (χ1) is 19.9. The largest absolute Gasteiger partial charge is 0.493 e. The van der Waals surface area contributed by atoms with Crippen molar-refractivity contribution >= 4 is 22.5 Å². The second-order valence-corrected chi connectivity index (χ2v) is 10.4. The van der Waals surface area contributed by atoms with Gasteiger partial charge in [0.2, 0.25) is 11.7 Å². The highest BCUT2D eigenvalue weighted by Gasteiger charge is 2.34. The molecule has 1 unspecified atom stereocenters. The molecular weight excluding hydrogens is 520 g/mol. The molecule has 1 fully saturated rings. The third-order valence-electron chi connectivity index (χ3n) is 7.61. The highest BCUT2D eigenvalue weighted by Crippen LogP contribution is 2.41. The van der Waals surface area contributed by atoms with Crippen molar-refractivity contribution in [2.45, 2.75) is 19.9 Å². The Hall–Kier alpha value is -4.53. The van der Waals surface area contributed by atoms with E-state index in [0.717, 1.165) is 5.69 Å². The summed E-state index contributed by atoms with van der Waals surface area (Å²) in [6.07, 6.45) is 0. The SMILES string of the molecule is COc1cc(-c2nc3ccccc3c(=O)n2C(C(=O)N2CCN(c3ccccc3)CC2)C(C)C)cc(OC)c1OC. The maximum absolute atomic E-state index is 14.3. The van der Waals surface area contributed by atoms with Crippen molar-refractivity contribution in [1.29, 1.82) is 0 Å². The molecule has 214 valence electrons. The van der Waals surface area contributed by atoms with Crippen LogP contribution in [0.15, 0.2) is 71.5 Å². The van der Waals surface area contributed by atoms with E-state index in [1.165, 1.54) is 21.3 Å². The van der Waals surface area contributed by atoms with Crippen molar-refractivity contribution in [2.24, 2.45) is 5.92 Å². The molecule has 9 nitrogen and oxygen atoms in total. The zero-order chi connectivity index (χ0) is 29.1. The quantitative estimate of drug-likeness (QED) is 0.313. The highest BCUT2D eigenvalue weighted by molar-refractivity contribution is 5.85. The summed E-state index contributed by atoms with van der Waals surface area (Å²) in [5, 5.41) is 0.455. The summed E-state index contributed by atoms with van der Waals surface area (Å²) < 4.78 is 18.3. The van der Waals surface area contributed by atoms with E-state index in [2.05, 4.69) is 17.0 Å². The summed E-state index contributed by atoms with van der Waals surface area (Å²) in [5.41, 5.74) is 1.99. The van der Waals surface area contributed by atoms with Gasteiger partial charge in [-0.2, -0.15) is 0 Å². The van der Waals surface area contributed by atoms with Gasteiger partial charge in [0.05, 0.1) is 32.2 Å². The van der Waals surface area contributed by atoms with Crippen molar-refractivity contribution in [1.82, 2.24) is 14.5 Å². The number of hydrogen-bond donors (Lipinski definition) is 0. The molecule has 0 radical (unpaired) electrons. The van der Waals surface area contributed by atoms with Gasteiger partial charge >= 0.3 is 0 Å². The summed E-state index contributed by atoms with van der Waals surface area (Å²) in [6, 6.07) is 20.2. The molecule has 0 spiro atoms. The smallest absolute Gasteiger partial charge is 0.262 e. The lowest BCUT2D eigenvalue weighted by Gasteiger charge is -2.38. The molecule has 41 heavy (non-hydrogen) atoms. The number of benzene rings is 3. The first kappa shape index (κ1) is 28.0. The standard InChI is InChI=1S/C32H36N4O5/c1-21(2)28(32(38)35-17-15-34(16-18-35)23-11-7-6-8-12-23)36-30(33-25-14-10-9-13-24(25)31(36)37)22-19-26(39-3)29(41-5)27(20-22)40-4/h6-14,19-21,28H,15-18H2,1-5H3. The average Bonchev–Trinajstić information content (AvgIpc) is 3.01. The van der Waals surface area contributed by atoms with E-state index in [0.29, 0.717) is 65.7 Å². The van der Waals surface area contributed by atoms with Gasteiger partial charge in [-0.3, -0.25) is 14.2 Å². The second-order valence-electron chi connectivity index (χ2n) is 10.4. The minimum absolute atomic E-state index is 0.0967. The monoisotopic (exact) mass is 556 g/mol. The van der Waals surface area contributed by atoms with Gasteiger partial charge < -0.3 is 24.0 Å². The van der Waals surface area contributed by atoms with Crippen molar-refractivity contribution in [3.05, 3.63) is 77.1 Å². The van der Waals surface area contributed by atoms with Crippen LogP contribution in [-0.4, -0.2) is 67.9 Å². The fourth-order valence-electron chi connectivity index (χ4n) is 5.52. The van der Waals surface area contributed by atoms with Gasteiger partial charge in [-0.25, -0.2) is 4.98 Å². The van der Waals surface area contributed by atoms with Crippen LogP contribution in [0.5, 0.6) is 17.2 Å². The van der Waals surface area contributed by atoms with Gasteiger partial charge in [0, 0.05) is 37.4 Å². The summed E-state index contributed by atoms with van der Waals surface area (Å²) in [5.74, 6) is 1.38. The number of amides is 1. The fourth-order valence-corrected chi connectivity index (χ4v) is 5.52. The van der Waals surface area contributed by atoms with Crippen LogP contribution in [0.25, 0.3) is 22.3 Å². The molecule has 1 aliphatic rings. The first-order valence-corrected chi connectivity index (χ1v) is 13.8. The van der Waals surface area contributed by atoms with E-state index < -0.39 is 6.04 Å². The van der Waals surface area contributed by atoms with E-state index in [4.69, 9.17) is 19.2 Å². The van der Waals surface area contributed by atoms with Gasteiger partial charge in [-0.1, -0.05) is 44.2 Å². The highest BCUT2D eigenvalue weighted by atomic mass is 16.5. The molecule has 0 N–H and O–H groups in total. The molecule has 1 amide bonds. The lowest BCUT2D eigenvalue weighted by Crippen LogP contribution is -2.52. The molecule has 4 aromatic rings. The zero-order valence-electron chi connectivity index (χ0n) is 24.2. The Bertz CT molecular complexity index is 1570. The second kappa shape index (κ2) is 11.9. The van der Waals surface area contributed by atoms with Crippen LogP contribution in [0, 0.1) is 5.92 Å². The van der Waals surface area contributed by atoms with Crippen molar-refractivity contribution < 1.29 is 19.0 Å². The van der Waals surface area contributed by atoms with Gasteiger partial charge in [0.1, 0.15) is 11.9 Å². The number of para-hydroxylation sites is 2. The van der Waals surface area contributed by atoms with E-state index in [1.807, 2.05) is 49.1 Å². The van der Waals surface area contributed by atoms with Gasteiger partial charge in [-0.15, -0.1) is 0 Å². The van der Waals surface area contributed by atoms with Gasteiger partial charge in [-0.05, 0) is 42.3 Å². The Kier molecular flexibility index (Phi) is 8.14. The first-order valence-electron chi connectivity index (χ1n) is 13.8. The molecule has 5 rings (SSSR count). The number of piperazine rings is 1. The molecule has 0 saturated carbocycles. The van der Waals surface area contributed by atoms with E-state index in [9.17, 15) is 9.59 Å². The summed E-state index contributed by atoms with van der Waals surface area (Å²) in [7, 11) is 4.62. The predicted molar refractivity (Wildman–Crippen MR) is 160 cm³/mol. The van der Waals surface area contributed by atoms with Crippen LogP contribution >= 0.6 is 0 Å². The molecule has 9 heteroatoms. The number of nitrogens with zero attached hydrogens (tertiary/aromatic N) is 4. The molecule has 2 heterocycles. The van der Waals surface area contributed by atoms with Crippen LogP contribution in [0.3, 0.4) is 0 Å². The number of carbonyl (C=O) groups excluding carboxylic acids is 1. The van der Waals surface area contributed by atoms with Crippen LogP contribution in [-0.2, 0) is 4.79 Å². The number of aromatic nitrogens is 2. The molecule has 1 atom stereocenters. The number of anilines is 1. The number of rotatable bonds is 8. The molecule has 0 aliphatic carbocycles. The Balaban J connectivity index is 1.61. The maximum Gasteiger partial charge on any atom is 0.262 e. The van der Waals surface area contributed by atoms with E-state index >= 15 is 0 Å². The van der Waals surface area contributed by atoms with Crippen molar-refractivity contribution in [3.8, 4) is 28.6 Å². The maximum atomic E-state index is 14.3. The van der Waals surface area contributed by atoms with Crippen LogP contribution in [0.2, 0.25) is 0 Å². The van der Waals surface area contributed by atoms with Crippen LogP contribution < -0.4 is 24.7 Å². The van der Waals surface area contributed by atoms with Crippen LogP contribution in [0.4, 0.5) is 5.69 Å². The Labute approximate surface area is 239 Å². The predicted octanol–water partition coefficient (Wildman–Crippen LogP) is 4.64. The normalized spacial score (nSPS) is 14.3. The third kappa shape index (κ3) is 5.31. The minimum Gasteiger partial charge on any atom is -0.493 e. The third-order valence-corrected chi connectivity index (χ3v) is 7.61. The lowest BCUT2D eigenvalue weighted by atomic mass is 10.00. The summed E-state index contributed by atoms with van der Waals surface area (Å²) >= 11 is 0. The minimum atomic E-state index is -0.767. The molecular formula is C32H36N4O5. The fraction of sp³-hybridized carbons (Fsp3) is 0.344. The molecule has 0 bridgehead atoms.